The van der Waals surface area contributed by atoms with E-state index in [0.717, 1.165) is 25.8 Å². The van der Waals surface area contributed by atoms with E-state index < -0.39 is 6.04 Å². The maximum absolute atomic E-state index is 13.5. The summed E-state index contributed by atoms with van der Waals surface area (Å²) in [7, 11) is 3.73. The van der Waals surface area contributed by atoms with Crippen molar-refractivity contribution in [3.8, 4) is 0 Å². The third kappa shape index (κ3) is 7.61. The molecule has 4 atom stereocenters. The van der Waals surface area contributed by atoms with E-state index in [-0.39, 0.29) is 41.7 Å². The number of likely N-dealkylation sites (tertiary alicyclic amines) is 1. The third-order valence-corrected chi connectivity index (χ3v) is 6.53. The predicted molar refractivity (Wildman–Crippen MR) is 128 cm³/mol. The van der Waals surface area contributed by atoms with E-state index in [4.69, 9.17) is 4.74 Å². The van der Waals surface area contributed by atoms with Crippen LogP contribution in [0.25, 0.3) is 0 Å². The predicted octanol–water partition coefficient (Wildman–Crippen LogP) is 3.24. The van der Waals surface area contributed by atoms with Crippen LogP contribution in [0.5, 0.6) is 0 Å². The monoisotopic (exact) mass is 451 g/mol. The van der Waals surface area contributed by atoms with Crippen molar-refractivity contribution in [2.75, 3.05) is 27.2 Å². The summed E-state index contributed by atoms with van der Waals surface area (Å²) in [5.41, 5.74) is 0.477. The first-order chi connectivity index (χ1) is 14.9. The van der Waals surface area contributed by atoms with Crippen LogP contribution in [0.4, 0.5) is 0 Å². The highest BCUT2D eigenvalue weighted by Crippen LogP contribution is 2.24. The van der Waals surface area contributed by atoms with Gasteiger partial charge in [-0.05, 0) is 51.5 Å². The number of piperidine rings is 1. The fourth-order valence-corrected chi connectivity index (χ4v) is 4.35. The number of ether oxygens (including phenoxy) is 1. The van der Waals surface area contributed by atoms with Gasteiger partial charge in [-0.3, -0.25) is 14.5 Å². The van der Waals surface area contributed by atoms with Crippen LogP contribution in [0.15, 0.2) is 11.6 Å². The molecule has 0 saturated carbocycles. The molecular weight excluding hydrogens is 406 g/mol. The van der Waals surface area contributed by atoms with Crippen LogP contribution in [-0.4, -0.2) is 73.0 Å². The lowest BCUT2D eigenvalue weighted by Gasteiger charge is -2.38. The highest BCUT2D eigenvalue weighted by Gasteiger charge is 2.35. The second-order valence-corrected chi connectivity index (χ2v) is 9.79. The van der Waals surface area contributed by atoms with Gasteiger partial charge in [-0.1, -0.05) is 47.1 Å². The van der Waals surface area contributed by atoms with E-state index in [9.17, 15) is 14.4 Å². The summed E-state index contributed by atoms with van der Waals surface area (Å²) >= 11 is 0. The van der Waals surface area contributed by atoms with Gasteiger partial charge in [0, 0.05) is 19.2 Å². The van der Waals surface area contributed by atoms with Gasteiger partial charge >= 0.3 is 5.97 Å². The topological polar surface area (TPSA) is 79.0 Å². The lowest BCUT2D eigenvalue weighted by atomic mass is 9.90. The van der Waals surface area contributed by atoms with Crippen LogP contribution in [0.2, 0.25) is 0 Å². The minimum absolute atomic E-state index is 0.0610. The van der Waals surface area contributed by atoms with Crippen LogP contribution < -0.4 is 5.32 Å². The lowest BCUT2D eigenvalue weighted by Crippen LogP contribution is -2.58. The summed E-state index contributed by atoms with van der Waals surface area (Å²) in [6, 6.07) is -1.11. The Hall–Kier alpha value is -1.89. The van der Waals surface area contributed by atoms with Gasteiger partial charge in [0.1, 0.15) is 6.04 Å². The highest BCUT2D eigenvalue weighted by molar-refractivity contribution is 5.91. The Kier molecular flexibility index (Phi) is 11.4. The van der Waals surface area contributed by atoms with Gasteiger partial charge < -0.3 is 15.0 Å². The van der Waals surface area contributed by atoms with E-state index >= 15 is 0 Å². The summed E-state index contributed by atoms with van der Waals surface area (Å²) in [6.07, 6.45) is 4.75. The van der Waals surface area contributed by atoms with Crippen LogP contribution in [0, 0.1) is 17.8 Å². The van der Waals surface area contributed by atoms with Gasteiger partial charge in [-0.2, -0.15) is 0 Å². The fourth-order valence-electron chi connectivity index (χ4n) is 4.35. The number of amides is 2. The second kappa shape index (κ2) is 13.0. The molecule has 0 aromatic rings. The number of rotatable bonds is 10. The Morgan fingerprint density at radius 1 is 1.12 bits per heavy atom. The molecule has 2 amide bonds. The summed E-state index contributed by atoms with van der Waals surface area (Å²) in [5.74, 6) is 0.0468. The van der Waals surface area contributed by atoms with E-state index in [1.54, 1.807) is 31.9 Å². The normalized spacial score (nSPS) is 21.9. The maximum atomic E-state index is 13.5. The zero-order valence-corrected chi connectivity index (χ0v) is 21.6. The van der Waals surface area contributed by atoms with Crippen molar-refractivity contribution in [1.82, 2.24) is 15.1 Å². The molecule has 1 aliphatic rings. The van der Waals surface area contributed by atoms with Crippen LogP contribution >= 0.6 is 0 Å². The minimum Gasteiger partial charge on any atom is -0.463 e. The van der Waals surface area contributed by atoms with Gasteiger partial charge in [-0.25, -0.2) is 4.79 Å². The average molecular weight is 452 g/mol. The van der Waals surface area contributed by atoms with E-state index in [2.05, 4.69) is 17.1 Å². The molecule has 1 heterocycles. The molecule has 0 aliphatic carbocycles. The number of likely N-dealkylation sites (N-methyl/N-ethyl adjacent to an activating group) is 2. The van der Waals surface area contributed by atoms with Crippen molar-refractivity contribution in [3.63, 3.8) is 0 Å². The Morgan fingerprint density at radius 2 is 1.75 bits per heavy atom. The molecule has 32 heavy (non-hydrogen) atoms. The summed E-state index contributed by atoms with van der Waals surface area (Å²) in [5, 5.41) is 3.04. The standard InChI is InChI=1S/C25H45N3O4/c1-10-19-12-13-20(27(8)15-19)23(29)26-22(17(5)6)24(30)28(9)21(16(3)4)14-18(7)25(31)32-11-2/h14,16-17,19-22H,10-13,15H2,1-9H3,(H,26,29)/b18-14+/t19-,20?,21+,22-/m0/s1. The number of esters is 1. The lowest BCUT2D eigenvalue weighted by molar-refractivity contribution is -0.140. The molecule has 0 aromatic carbocycles. The molecule has 1 rings (SSSR count). The summed E-state index contributed by atoms with van der Waals surface area (Å²) in [4.78, 5) is 42.4. The number of carbonyl (C=O) groups is 3. The van der Waals surface area contributed by atoms with Crippen molar-refractivity contribution < 1.29 is 19.1 Å². The number of nitrogens with one attached hydrogen (secondary N) is 1. The first kappa shape index (κ1) is 28.1. The van der Waals surface area contributed by atoms with Gasteiger partial charge in [-0.15, -0.1) is 0 Å². The summed E-state index contributed by atoms with van der Waals surface area (Å²) in [6.45, 7) is 14.8. The number of carbonyl (C=O) groups excluding carboxylic acids is 3. The second-order valence-electron chi connectivity index (χ2n) is 9.79. The number of hydrogen-bond donors (Lipinski definition) is 1. The Labute approximate surface area is 194 Å². The highest BCUT2D eigenvalue weighted by atomic mass is 16.5. The molecule has 184 valence electrons. The Bertz CT molecular complexity index is 674. The zero-order chi connectivity index (χ0) is 24.6. The molecule has 7 heteroatoms. The molecule has 0 radical (unpaired) electrons. The first-order valence-corrected chi connectivity index (χ1v) is 12.1. The largest absolute Gasteiger partial charge is 0.463 e. The Morgan fingerprint density at radius 3 is 2.22 bits per heavy atom. The SMILES string of the molecule is CCOC(=O)/C(C)=C/[C@H](C(C)C)N(C)C(=O)[C@@H](NC(=O)C1CC[C@H](CC)CN1C)C(C)C. The summed E-state index contributed by atoms with van der Waals surface area (Å²) < 4.78 is 5.08. The van der Waals surface area contributed by atoms with Crippen LogP contribution in [-0.2, 0) is 19.1 Å². The first-order valence-electron chi connectivity index (χ1n) is 12.1. The molecular formula is C25H45N3O4. The van der Waals surface area contributed by atoms with Gasteiger partial charge in [0.2, 0.25) is 11.8 Å². The Balaban J connectivity index is 2.99. The van der Waals surface area contributed by atoms with E-state index in [1.807, 2.05) is 34.7 Å². The van der Waals surface area contributed by atoms with Gasteiger partial charge in [0.25, 0.3) is 0 Å². The van der Waals surface area contributed by atoms with Crippen molar-refractivity contribution in [2.45, 2.75) is 85.9 Å². The molecule has 0 spiro atoms. The smallest absolute Gasteiger partial charge is 0.333 e. The van der Waals surface area contributed by atoms with Crippen molar-refractivity contribution in [2.24, 2.45) is 17.8 Å². The van der Waals surface area contributed by atoms with Crippen molar-refractivity contribution in [3.05, 3.63) is 11.6 Å². The van der Waals surface area contributed by atoms with Crippen LogP contribution in [0.1, 0.15) is 67.7 Å². The maximum Gasteiger partial charge on any atom is 0.333 e. The molecule has 0 bridgehead atoms. The van der Waals surface area contributed by atoms with E-state index in [0.29, 0.717) is 18.1 Å². The molecule has 0 aromatic heterocycles. The molecule has 7 nitrogen and oxygen atoms in total. The van der Waals surface area contributed by atoms with Crippen LogP contribution in [0.3, 0.4) is 0 Å². The quantitative estimate of drug-likeness (QED) is 0.407. The van der Waals surface area contributed by atoms with Gasteiger partial charge in [0.05, 0.1) is 18.7 Å². The molecule has 1 aliphatic heterocycles. The molecule has 1 fully saturated rings. The zero-order valence-electron chi connectivity index (χ0n) is 21.6. The number of nitrogens with zero attached hydrogens (tertiary/aromatic N) is 2. The van der Waals surface area contributed by atoms with Crippen molar-refractivity contribution in [1.29, 1.82) is 0 Å². The van der Waals surface area contributed by atoms with E-state index in [1.165, 1.54) is 0 Å². The minimum atomic E-state index is -0.623. The molecule has 1 unspecified atom stereocenters. The third-order valence-electron chi connectivity index (χ3n) is 6.53. The molecule has 1 saturated heterocycles. The fraction of sp³-hybridized carbons (Fsp3) is 0.800. The van der Waals surface area contributed by atoms with Gasteiger partial charge in [0.15, 0.2) is 0 Å². The van der Waals surface area contributed by atoms with Crippen molar-refractivity contribution >= 4 is 17.8 Å². The number of hydrogen-bond acceptors (Lipinski definition) is 5. The average Bonchev–Trinajstić information content (AvgIpc) is 2.73. The molecule has 1 N–H and O–H groups in total.